The molecule has 1 amide bonds. The lowest BCUT2D eigenvalue weighted by Gasteiger charge is -2.21. The monoisotopic (exact) mass is 351 g/mol. The van der Waals surface area contributed by atoms with Gasteiger partial charge in [-0.05, 0) is 46.9 Å². The minimum absolute atomic E-state index is 0.0451. The first-order valence-corrected chi connectivity index (χ1v) is 8.56. The van der Waals surface area contributed by atoms with Crippen LogP contribution in [0.5, 0.6) is 0 Å². The van der Waals surface area contributed by atoms with Crippen LogP contribution in [0.25, 0.3) is 0 Å². The number of carbonyl (C=O) groups is 1. The average molecular weight is 352 g/mol. The number of hydrogen-bond acceptors (Lipinski definition) is 3. The fraction of sp³-hybridized carbons (Fsp3) is 0.562. The van der Waals surface area contributed by atoms with E-state index in [9.17, 15) is 4.79 Å². The van der Waals surface area contributed by atoms with Crippen LogP contribution in [-0.2, 0) is 4.79 Å². The molecule has 21 heavy (non-hydrogen) atoms. The minimum atomic E-state index is -0.225. The quantitative estimate of drug-likeness (QED) is 0.874. The van der Waals surface area contributed by atoms with Gasteiger partial charge in [0.25, 0.3) is 0 Å². The van der Waals surface area contributed by atoms with Gasteiger partial charge in [-0.1, -0.05) is 20.3 Å². The summed E-state index contributed by atoms with van der Waals surface area (Å²) in [5.41, 5.74) is 3.19. The van der Waals surface area contributed by atoms with Crippen LogP contribution in [0.2, 0.25) is 0 Å². The number of benzene rings is 1. The van der Waals surface area contributed by atoms with E-state index in [4.69, 9.17) is 0 Å². The number of hydrogen-bond donors (Lipinski definition) is 2. The maximum absolute atomic E-state index is 12.1. The van der Waals surface area contributed by atoms with Crippen molar-refractivity contribution in [2.75, 3.05) is 29.9 Å². The van der Waals surface area contributed by atoms with Crippen molar-refractivity contribution in [1.82, 2.24) is 5.32 Å². The molecule has 1 aromatic carbocycles. The number of nitrogens with one attached hydrogen (secondary N) is 2. The number of carbonyl (C=O) groups excluding carboxylic acids is 1. The van der Waals surface area contributed by atoms with Crippen LogP contribution in [0.15, 0.2) is 16.6 Å². The van der Waals surface area contributed by atoms with E-state index in [1.807, 2.05) is 6.92 Å². The summed E-state index contributed by atoms with van der Waals surface area (Å²) < 4.78 is 1.08. The molecule has 114 valence electrons. The minimum Gasteiger partial charge on any atom is -0.370 e. The van der Waals surface area contributed by atoms with E-state index in [-0.39, 0.29) is 11.9 Å². The van der Waals surface area contributed by atoms with Gasteiger partial charge in [0.05, 0.1) is 5.69 Å². The molecule has 2 N–H and O–H groups in total. The van der Waals surface area contributed by atoms with Gasteiger partial charge in [-0.25, -0.2) is 0 Å². The molecule has 5 heteroatoms. The molecule has 0 aliphatic carbocycles. The molecule has 2 unspecified atom stereocenters. The van der Waals surface area contributed by atoms with Gasteiger partial charge in [-0.3, -0.25) is 4.79 Å². The van der Waals surface area contributed by atoms with Gasteiger partial charge in [0.2, 0.25) is 5.91 Å². The SMILES string of the molecule is CCNC1C(=O)Nc2cc(N3CCC(CC)C3)c(Br)cc21. The summed E-state index contributed by atoms with van der Waals surface area (Å²) in [6.07, 6.45) is 2.49. The Labute approximate surface area is 134 Å². The molecule has 2 atom stereocenters. The van der Waals surface area contributed by atoms with Crippen molar-refractivity contribution in [2.45, 2.75) is 32.7 Å². The largest absolute Gasteiger partial charge is 0.370 e. The van der Waals surface area contributed by atoms with Gasteiger partial charge >= 0.3 is 0 Å². The summed E-state index contributed by atoms with van der Waals surface area (Å²) in [5.74, 6) is 0.831. The second-order valence-corrected chi connectivity index (χ2v) is 6.73. The third-order valence-corrected chi connectivity index (χ3v) is 5.20. The first-order chi connectivity index (χ1) is 10.1. The molecule has 0 aromatic heterocycles. The van der Waals surface area contributed by atoms with Crippen LogP contribution >= 0.6 is 15.9 Å². The molecule has 0 radical (unpaired) electrons. The second-order valence-electron chi connectivity index (χ2n) is 5.88. The number of amides is 1. The van der Waals surface area contributed by atoms with Gasteiger partial charge in [0.15, 0.2) is 0 Å². The highest BCUT2D eigenvalue weighted by Crippen LogP contribution is 2.40. The van der Waals surface area contributed by atoms with Crippen LogP contribution in [0, 0.1) is 5.92 Å². The van der Waals surface area contributed by atoms with Gasteiger partial charge in [0.1, 0.15) is 6.04 Å². The zero-order chi connectivity index (χ0) is 15.0. The van der Waals surface area contributed by atoms with Crippen LogP contribution in [-0.4, -0.2) is 25.5 Å². The lowest BCUT2D eigenvalue weighted by molar-refractivity contribution is -0.117. The average Bonchev–Trinajstić information content (AvgIpc) is 3.05. The van der Waals surface area contributed by atoms with Crippen molar-refractivity contribution in [1.29, 1.82) is 0 Å². The molecule has 0 spiro atoms. The van der Waals surface area contributed by atoms with Gasteiger partial charge in [-0.2, -0.15) is 0 Å². The number of rotatable bonds is 4. The molecule has 1 saturated heterocycles. The fourth-order valence-electron chi connectivity index (χ4n) is 3.30. The Morgan fingerprint density at radius 2 is 2.24 bits per heavy atom. The van der Waals surface area contributed by atoms with Crippen LogP contribution in [0.3, 0.4) is 0 Å². The van der Waals surface area contributed by atoms with Crippen molar-refractivity contribution >= 4 is 33.2 Å². The Hall–Kier alpha value is -1.07. The fourth-order valence-corrected chi connectivity index (χ4v) is 3.92. The first-order valence-electron chi connectivity index (χ1n) is 7.76. The molecule has 2 aliphatic heterocycles. The van der Waals surface area contributed by atoms with Crippen LogP contribution < -0.4 is 15.5 Å². The van der Waals surface area contributed by atoms with E-state index in [0.717, 1.165) is 41.3 Å². The molecule has 2 aliphatic rings. The van der Waals surface area contributed by atoms with Crippen molar-refractivity contribution in [3.8, 4) is 0 Å². The Bertz CT molecular complexity index is 561. The van der Waals surface area contributed by atoms with E-state index in [1.165, 1.54) is 18.5 Å². The van der Waals surface area contributed by atoms with Crippen molar-refractivity contribution in [3.63, 3.8) is 0 Å². The van der Waals surface area contributed by atoms with Crippen molar-refractivity contribution in [2.24, 2.45) is 5.92 Å². The molecule has 0 saturated carbocycles. The molecule has 1 aromatic rings. The summed E-state index contributed by atoms with van der Waals surface area (Å²) in [6.45, 7) is 7.26. The van der Waals surface area contributed by atoms with Crippen LogP contribution in [0.1, 0.15) is 38.3 Å². The third-order valence-electron chi connectivity index (χ3n) is 4.56. The van der Waals surface area contributed by atoms with Gasteiger partial charge in [-0.15, -0.1) is 0 Å². The maximum Gasteiger partial charge on any atom is 0.246 e. The number of fused-ring (bicyclic) bond motifs is 1. The summed E-state index contributed by atoms with van der Waals surface area (Å²) in [4.78, 5) is 14.5. The van der Waals surface area contributed by atoms with Gasteiger partial charge < -0.3 is 15.5 Å². The van der Waals surface area contributed by atoms with Crippen molar-refractivity contribution < 1.29 is 4.79 Å². The Morgan fingerprint density at radius 3 is 2.90 bits per heavy atom. The molecule has 2 heterocycles. The summed E-state index contributed by atoms with van der Waals surface area (Å²) in [5, 5.41) is 6.24. The lowest BCUT2D eigenvalue weighted by Crippen LogP contribution is -2.27. The topological polar surface area (TPSA) is 44.4 Å². The van der Waals surface area contributed by atoms with E-state index in [1.54, 1.807) is 0 Å². The van der Waals surface area contributed by atoms with E-state index >= 15 is 0 Å². The standard InChI is InChI=1S/C16H22BrN3O/c1-3-10-5-6-20(9-10)14-8-13-11(7-12(14)17)15(18-4-2)16(21)19-13/h7-8,10,15,18H,3-6,9H2,1-2H3,(H,19,21). The van der Waals surface area contributed by atoms with E-state index < -0.39 is 0 Å². The molecule has 0 bridgehead atoms. The Morgan fingerprint density at radius 1 is 1.43 bits per heavy atom. The molecule has 3 rings (SSSR count). The normalized spacial score (nSPS) is 24.3. The highest BCUT2D eigenvalue weighted by Gasteiger charge is 2.32. The summed E-state index contributed by atoms with van der Waals surface area (Å²) in [7, 11) is 0. The van der Waals surface area contributed by atoms with E-state index in [0.29, 0.717) is 0 Å². The second kappa shape index (κ2) is 5.97. The van der Waals surface area contributed by atoms with Crippen LogP contribution in [0.4, 0.5) is 11.4 Å². The lowest BCUT2D eigenvalue weighted by atomic mass is 10.1. The Balaban J connectivity index is 1.89. The van der Waals surface area contributed by atoms with Gasteiger partial charge in [0, 0.05) is 28.8 Å². The number of anilines is 2. The number of nitrogens with zero attached hydrogens (tertiary/aromatic N) is 1. The molecule has 1 fully saturated rings. The molecular weight excluding hydrogens is 330 g/mol. The summed E-state index contributed by atoms with van der Waals surface area (Å²) in [6, 6.07) is 3.99. The predicted molar refractivity (Wildman–Crippen MR) is 89.8 cm³/mol. The Kier molecular flexibility index (Phi) is 4.22. The first kappa shape index (κ1) is 14.9. The van der Waals surface area contributed by atoms with Crippen molar-refractivity contribution in [3.05, 3.63) is 22.2 Å². The highest BCUT2D eigenvalue weighted by atomic mass is 79.9. The zero-order valence-corrected chi connectivity index (χ0v) is 14.2. The molecule has 4 nitrogen and oxygen atoms in total. The number of halogens is 1. The predicted octanol–water partition coefficient (Wildman–Crippen LogP) is 3.29. The van der Waals surface area contributed by atoms with E-state index in [2.05, 4.69) is 50.5 Å². The molecular formula is C16H22BrN3O. The highest BCUT2D eigenvalue weighted by molar-refractivity contribution is 9.10. The summed E-state index contributed by atoms with van der Waals surface area (Å²) >= 11 is 3.69. The number of likely N-dealkylation sites (N-methyl/N-ethyl adjacent to an activating group) is 1. The zero-order valence-electron chi connectivity index (χ0n) is 12.6. The third kappa shape index (κ3) is 2.69. The maximum atomic E-state index is 12.1. The smallest absolute Gasteiger partial charge is 0.246 e.